The minimum absolute atomic E-state index is 0.235. The first-order valence-electron chi connectivity index (χ1n) is 7.95. The molecule has 25 heavy (non-hydrogen) atoms. The summed E-state index contributed by atoms with van der Waals surface area (Å²) in [5, 5.41) is 5.42. The molecule has 134 valence electrons. The van der Waals surface area contributed by atoms with E-state index in [1.165, 1.54) is 36.5 Å². The van der Waals surface area contributed by atoms with E-state index in [9.17, 15) is 18.0 Å². The van der Waals surface area contributed by atoms with Crippen LogP contribution in [0.5, 0.6) is 0 Å². The highest BCUT2D eigenvalue weighted by molar-refractivity contribution is 6.05. The number of hydrogen-bond acceptors (Lipinski definition) is 3. The van der Waals surface area contributed by atoms with Gasteiger partial charge in [0.25, 0.3) is 5.91 Å². The number of nitrogens with zero attached hydrogens (tertiary/aromatic N) is 1. The van der Waals surface area contributed by atoms with Crippen molar-refractivity contribution < 1.29 is 18.0 Å². The molecule has 0 unspecified atom stereocenters. The molecule has 4 nitrogen and oxygen atoms in total. The zero-order valence-electron chi connectivity index (χ0n) is 14.0. The van der Waals surface area contributed by atoms with Gasteiger partial charge in [0.15, 0.2) is 0 Å². The second-order valence-corrected chi connectivity index (χ2v) is 6.04. The van der Waals surface area contributed by atoms with Crippen molar-refractivity contribution in [3.63, 3.8) is 0 Å². The SMILES string of the molecule is CC(C)CCNc1cc(C(=O)Nc2ccccc2C(F)(F)F)ccn1. The second-order valence-electron chi connectivity index (χ2n) is 6.04. The van der Waals surface area contributed by atoms with Crippen molar-refractivity contribution in [1.82, 2.24) is 4.98 Å². The van der Waals surface area contributed by atoms with Gasteiger partial charge in [-0.25, -0.2) is 4.98 Å². The summed E-state index contributed by atoms with van der Waals surface area (Å²) in [4.78, 5) is 16.4. The molecule has 0 radical (unpaired) electrons. The first-order valence-corrected chi connectivity index (χ1v) is 7.95. The Morgan fingerprint density at radius 1 is 1.20 bits per heavy atom. The van der Waals surface area contributed by atoms with Crippen LogP contribution in [0.25, 0.3) is 0 Å². The highest BCUT2D eigenvalue weighted by Crippen LogP contribution is 2.34. The molecule has 0 spiro atoms. The van der Waals surface area contributed by atoms with Gasteiger partial charge < -0.3 is 10.6 Å². The molecule has 1 aromatic heterocycles. The average Bonchev–Trinajstić information content (AvgIpc) is 2.54. The zero-order valence-corrected chi connectivity index (χ0v) is 14.0. The highest BCUT2D eigenvalue weighted by atomic mass is 19.4. The quantitative estimate of drug-likeness (QED) is 0.785. The summed E-state index contributed by atoms with van der Waals surface area (Å²) < 4.78 is 39.0. The first-order chi connectivity index (χ1) is 11.8. The molecule has 0 saturated heterocycles. The van der Waals surface area contributed by atoms with Crippen LogP contribution in [0.4, 0.5) is 24.7 Å². The maximum absolute atomic E-state index is 13.0. The van der Waals surface area contributed by atoms with Gasteiger partial charge in [0, 0.05) is 18.3 Å². The van der Waals surface area contributed by atoms with Crippen molar-refractivity contribution in [2.45, 2.75) is 26.4 Å². The third kappa shape index (κ3) is 5.48. The number of para-hydroxylation sites is 1. The number of nitrogens with one attached hydrogen (secondary N) is 2. The Hall–Kier alpha value is -2.57. The number of carbonyl (C=O) groups excluding carboxylic acids is 1. The summed E-state index contributed by atoms with van der Waals surface area (Å²) in [6, 6.07) is 7.85. The van der Waals surface area contributed by atoms with Crippen molar-refractivity contribution in [2.75, 3.05) is 17.2 Å². The second kappa shape index (κ2) is 8.00. The van der Waals surface area contributed by atoms with Crippen molar-refractivity contribution in [1.29, 1.82) is 0 Å². The van der Waals surface area contributed by atoms with E-state index in [-0.39, 0.29) is 11.3 Å². The summed E-state index contributed by atoms with van der Waals surface area (Å²) in [6.07, 6.45) is -2.15. The largest absolute Gasteiger partial charge is 0.418 e. The molecule has 1 aromatic carbocycles. The fourth-order valence-corrected chi connectivity index (χ4v) is 2.19. The van der Waals surface area contributed by atoms with E-state index >= 15 is 0 Å². The molecule has 2 aromatic rings. The number of pyridine rings is 1. The van der Waals surface area contributed by atoms with E-state index in [1.807, 2.05) is 0 Å². The lowest BCUT2D eigenvalue weighted by molar-refractivity contribution is -0.136. The minimum atomic E-state index is -4.54. The maximum Gasteiger partial charge on any atom is 0.418 e. The van der Waals surface area contributed by atoms with Gasteiger partial charge in [-0.15, -0.1) is 0 Å². The Labute approximate surface area is 144 Å². The van der Waals surface area contributed by atoms with Crippen molar-refractivity contribution in [2.24, 2.45) is 5.92 Å². The van der Waals surface area contributed by atoms with Crippen LogP contribution >= 0.6 is 0 Å². The molecule has 7 heteroatoms. The first kappa shape index (κ1) is 18.8. The number of alkyl halides is 3. The number of hydrogen-bond donors (Lipinski definition) is 2. The lowest BCUT2D eigenvalue weighted by Gasteiger charge is -2.14. The third-order valence-electron chi connectivity index (χ3n) is 3.53. The van der Waals surface area contributed by atoms with Gasteiger partial charge in [-0.05, 0) is 36.6 Å². The molecule has 2 rings (SSSR count). The van der Waals surface area contributed by atoms with Crippen LogP contribution < -0.4 is 10.6 Å². The summed E-state index contributed by atoms with van der Waals surface area (Å²) in [5.74, 6) is 0.418. The van der Waals surface area contributed by atoms with E-state index in [2.05, 4.69) is 29.5 Å². The fraction of sp³-hybridized carbons (Fsp3) is 0.333. The van der Waals surface area contributed by atoms with Gasteiger partial charge in [0.05, 0.1) is 11.3 Å². The van der Waals surface area contributed by atoms with Crippen LogP contribution in [0.2, 0.25) is 0 Å². The van der Waals surface area contributed by atoms with Crippen LogP contribution in [0, 0.1) is 5.92 Å². The van der Waals surface area contributed by atoms with Crippen molar-refractivity contribution >= 4 is 17.4 Å². The molecule has 0 fully saturated rings. The van der Waals surface area contributed by atoms with E-state index in [1.54, 1.807) is 0 Å². The molecule has 0 atom stereocenters. The summed E-state index contributed by atoms with van der Waals surface area (Å²) >= 11 is 0. The topological polar surface area (TPSA) is 54.0 Å². The maximum atomic E-state index is 13.0. The van der Waals surface area contributed by atoms with Crippen LogP contribution in [-0.2, 0) is 6.18 Å². The number of carbonyl (C=O) groups is 1. The summed E-state index contributed by atoms with van der Waals surface area (Å²) in [6.45, 7) is 4.89. The number of halogens is 3. The Balaban J connectivity index is 2.12. The van der Waals surface area contributed by atoms with E-state index in [4.69, 9.17) is 0 Å². The lowest BCUT2D eigenvalue weighted by Crippen LogP contribution is -2.17. The fourth-order valence-electron chi connectivity index (χ4n) is 2.19. The lowest BCUT2D eigenvalue weighted by atomic mass is 10.1. The molecule has 0 aliphatic rings. The van der Waals surface area contributed by atoms with Crippen molar-refractivity contribution in [3.8, 4) is 0 Å². The molecule has 1 heterocycles. The number of amides is 1. The van der Waals surface area contributed by atoms with Crippen molar-refractivity contribution in [3.05, 3.63) is 53.7 Å². The Kier molecular flexibility index (Phi) is 6.01. The van der Waals surface area contributed by atoms with Gasteiger partial charge in [-0.2, -0.15) is 13.2 Å². The average molecular weight is 351 g/mol. The minimum Gasteiger partial charge on any atom is -0.370 e. The molecular formula is C18H20F3N3O. The van der Waals surface area contributed by atoms with Crippen LogP contribution in [-0.4, -0.2) is 17.4 Å². The number of rotatable bonds is 6. The van der Waals surface area contributed by atoms with Crippen LogP contribution in [0.15, 0.2) is 42.6 Å². The van der Waals surface area contributed by atoms with Gasteiger partial charge in [-0.1, -0.05) is 26.0 Å². The standard InChI is InChI=1S/C18H20F3N3O/c1-12(2)7-9-22-16-11-13(8-10-23-16)17(25)24-15-6-4-3-5-14(15)18(19,20)21/h3-6,8,10-12H,7,9H2,1-2H3,(H,22,23)(H,24,25). The van der Waals surface area contributed by atoms with Crippen LogP contribution in [0.1, 0.15) is 36.2 Å². The molecular weight excluding hydrogens is 331 g/mol. The summed E-state index contributed by atoms with van der Waals surface area (Å²) in [5.41, 5.74) is -0.919. The van der Waals surface area contributed by atoms with Gasteiger partial charge in [0.2, 0.25) is 0 Å². The highest BCUT2D eigenvalue weighted by Gasteiger charge is 2.33. The predicted molar refractivity (Wildman–Crippen MR) is 91.6 cm³/mol. The Bertz CT molecular complexity index is 730. The number of anilines is 2. The number of aromatic nitrogens is 1. The Morgan fingerprint density at radius 2 is 1.92 bits per heavy atom. The third-order valence-corrected chi connectivity index (χ3v) is 3.53. The van der Waals surface area contributed by atoms with Gasteiger partial charge in [0.1, 0.15) is 5.82 Å². The molecule has 0 aliphatic carbocycles. The van der Waals surface area contributed by atoms with E-state index in [0.717, 1.165) is 12.5 Å². The van der Waals surface area contributed by atoms with E-state index < -0.39 is 17.6 Å². The van der Waals surface area contributed by atoms with E-state index in [0.29, 0.717) is 18.3 Å². The molecule has 0 saturated carbocycles. The smallest absolute Gasteiger partial charge is 0.370 e. The molecule has 1 amide bonds. The predicted octanol–water partition coefficient (Wildman–Crippen LogP) is 4.81. The van der Waals surface area contributed by atoms with Gasteiger partial charge >= 0.3 is 6.18 Å². The molecule has 0 bridgehead atoms. The Morgan fingerprint density at radius 3 is 2.60 bits per heavy atom. The molecule has 2 N–H and O–H groups in total. The number of benzene rings is 1. The van der Waals surface area contributed by atoms with Gasteiger partial charge in [-0.3, -0.25) is 4.79 Å². The normalized spacial score (nSPS) is 11.4. The molecule has 0 aliphatic heterocycles. The zero-order chi connectivity index (χ0) is 18.4. The summed E-state index contributed by atoms with van der Waals surface area (Å²) in [7, 11) is 0. The van der Waals surface area contributed by atoms with Crippen LogP contribution in [0.3, 0.4) is 0 Å². The monoisotopic (exact) mass is 351 g/mol.